The predicted molar refractivity (Wildman–Crippen MR) is 107 cm³/mol. The highest BCUT2D eigenvalue weighted by Gasteiger charge is 2.15. The highest BCUT2D eigenvalue weighted by molar-refractivity contribution is 7.09. The highest BCUT2D eigenvalue weighted by atomic mass is 32.1. The molecule has 1 aliphatic carbocycles. The third-order valence-corrected chi connectivity index (χ3v) is 5.68. The number of rotatable bonds is 7. The van der Waals surface area contributed by atoms with Gasteiger partial charge in [-0.15, -0.1) is 11.3 Å². The maximum absolute atomic E-state index is 12.4. The van der Waals surface area contributed by atoms with Crippen LogP contribution >= 0.6 is 11.3 Å². The molecule has 140 valence electrons. The summed E-state index contributed by atoms with van der Waals surface area (Å²) < 4.78 is 6.06. The van der Waals surface area contributed by atoms with Gasteiger partial charge >= 0.3 is 6.03 Å². The van der Waals surface area contributed by atoms with E-state index in [0.717, 1.165) is 24.2 Å². The van der Waals surface area contributed by atoms with E-state index in [2.05, 4.69) is 11.4 Å². The molecule has 1 saturated carbocycles. The summed E-state index contributed by atoms with van der Waals surface area (Å²) in [7, 11) is 0. The van der Waals surface area contributed by atoms with Crippen molar-refractivity contribution in [2.24, 2.45) is 0 Å². The van der Waals surface area contributed by atoms with Crippen LogP contribution in [0.4, 0.5) is 4.79 Å². The van der Waals surface area contributed by atoms with E-state index in [9.17, 15) is 4.79 Å². The average Bonchev–Trinajstić information content (AvgIpc) is 3.19. The lowest BCUT2D eigenvalue weighted by Gasteiger charge is -2.23. The van der Waals surface area contributed by atoms with Crippen molar-refractivity contribution in [3.8, 4) is 5.75 Å². The molecule has 1 aromatic heterocycles. The third-order valence-electron chi connectivity index (χ3n) is 4.82. The predicted octanol–water partition coefficient (Wildman–Crippen LogP) is 5.19. The summed E-state index contributed by atoms with van der Waals surface area (Å²) in [5, 5.41) is 5.05. The number of hydrogen-bond acceptors (Lipinski definition) is 3. The second-order valence-electron chi connectivity index (χ2n) is 6.77. The monoisotopic (exact) mass is 372 g/mol. The van der Waals surface area contributed by atoms with Gasteiger partial charge in [0.2, 0.25) is 0 Å². The number of nitrogens with one attached hydrogen (secondary N) is 1. The number of ether oxygens (including phenoxy) is 1. The fraction of sp³-hybridized carbons (Fsp3) is 0.476. The molecule has 5 heteroatoms. The molecular formula is C21H28N2O2S. The number of benzene rings is 1. The van der Waals surface area contributed by atoms with Gasteiger partial charge in [-0.2, -0.15) is 0 Å². The highest BCUT2D eigenvalue weighted by Crippen LogP contribution is 2.23. The van der Waals surface area contributed by atoms with Gasteiger partial charge < -0.3 is 15.0 Å². The second kappa shape index (κ2) is 9.62. The topological polar surface area (TPSA) is 41.6 Å². The van der Waals surface area contributed by atoms with E-state index in [0.29, 0.717) is 25.7 Å². The Morgan fingerprint density at radius 2 is 1.96 bits per heavy atom. The smallest absolute Gasteiger partial charge is 0.317 e. The summed E-state index contributed by atoms with van der Waals surface area (Å²) in [5.41, 5.74) is 1.08. The maximum atomic E-state index is 12.4. The summed E-state index contributed by atoms with van der Waals surface area (Å²) >= 11 is 1.68. The molecule has 1 N–H and O–H groups in total. The standard InChI is InChI=1S/C21H28N2O2S/c1-2-23(16-20-9-6-14-26-20)21(24)22-15-17-10-12-19(13-11-17)25-18-7-4-3-5-8-18/h6,9-14,18H,2-5,7-8,15-16H2,1H3,(H,22,24). The Kier molecular flexibility index (Phi) is 6.95. The van der Waals surface area contributed by atoms with Crippen LogP contribution in [-0.2, 0) is 13.1 Å². The zero-order chi connectivity index (χ0) is 18.2. The molecular weight excluding hydrogens is 344 g/mol. The number of urea groups is 1. The second-order valence-corrected chi connectivity index (χ2v) is 7.81. The summed E-state index contributed by atoms with van der Waals surface area (Å²) in [5.74, 6) is 0.930. The van der Waals surface area contributed by atoms with Crippen LogP contribution < -0.4 is 10.1 Å². The fourth-order valence-electron chi connectivity index (χ4n) is 3.27. The number of amides is 2. The van der Waals surface area contributed by atoms with Gasteiger partial charge in [0.15, 0.2) is 0 Å². The molecule has 0 bridgehead atoms. The van der Waals surface area contributed by atoms with Crippen LogP contribution in [0.1, 0.15) is 49.5 Å². The van der Waals surface area contributed by atoms with E-state index in [1.807, 2.05) is 47.5 Å². The first-order valence-electron chi connectivity index (χ1n) is 9.55. The van der Waals surface area contributed by atoms with Crippen LogP contribution in [0.25, 0.3) is 0 Å². The van der Waals surface area contributed by atoms with Gasteiger partial charge in [-0.1, -0.05) is 24.6 Å². The van der Waals surface area contributed by atoms with Crippen molar-refractivity contribution in [2.45, 2.75) is 58.2 Å². The Morgan fingerprint density at radius 3 is 2.62 bits per heavy atom. The lowest BCUT2D eigenvalue weighted by molar-refractivity contribution is 0.155. The zero-order valence-corrected chi connectivity index (χ0v) is 16.3. The minimum Gasteiger partial charge on any atom is -0.490 e. The van der Waals surface area contributed by atoms with Gasteiger partial charge in [-0.05, 0) is 61.7 Å². The van der Waals surface area contributed by atoms with E-state index in [1.165, 1.54) is 24.1 Å². The van der Waals surface area contributed by atoms with E-state index in [1.54, 1.807) is 11.3 Å². The molecule has 1 heterocycles. The van der Waals surface area contributed by atoms with Crippen LogP contribution in [0.15, 0.2) is 41.8 Å². The van der Waals surface area contributed by atoms with Crippen LogP contribution in [0.5, 0.6) is 5.75 Å². The van der Waals surface area contributed by atoms with Crippen molar-refractivity contribution in [2.75, 3.05) is 6.54 Å². The minimum atomic E-state index is -0.0246. The van der Waals surface area contributed by atoms with Crippen LogP contribution in [0.3, 0.4) is 0 Å². The summed E-state index contributed by atoms with van der Waals surface area (Å²) in [6.07, 6.45) is 6.57. The molecule has 1 aliphatic rings. The van der Waals surface area contributed by atoms with Gasteiger partial charge in [0.05, 0.1) is 12.6 Å². The van der Waals surface area contributed by atoms with Gasteiger partial charge in [-0.3, -0.25) is 0 Å². The lowest BCUT2D eigenvalue weighted by atomic mass is 9.98. The molecule has 0 radical (unpaired) electrons. The first kappa shape index (κ1) is 18.8. The van der Waals surface area contributed by atoms with E-state index in [-0.39, 0.29) is 6.03 Å². The van der Waals surface area contributed by atoms with Crippen molar-refractivity contribution in [3.63, 3.8) is 0 Å². The van der Waals surface area contributed by atoms with Gasteiger partial charge in [0.1, 0.15) is 5.75 Å². The van der Waals surface area contributed by atoms with Gasteiger partial charge in [0, 0.05) is 18.0 Å². The Labute approximate surface area is 160 Å². The number of thiophene rings is 1. The normalized spacial score (nSPS) is 14.8. The average molecular weight is 373 g/mol. The Hall–Kier alpha value is -2.01. The first-order valence-corrected chi connectivity index (χ1v) is 10.4. The molecule has 0 aliphatic heterocycles. The molecule has 26 heavy (non-hydrogen) atoms. The van der Waals surface area contributed by atoms with Crippen LogP contribution in [-0.4, -0.2) is 23.6 Å². The van der Waals surface area contributed by atoms with Crippen molar-refractivity contribution >= 4 is 17.4 Å². The Morgan fingerprint density at radius 1 is 1.19 bits per heavy atom. The Balaban J connectivity index is 1.46. The molecule has 3 rings (SSSR count). The molecule has 0 atom stereocenters. The molecule has 2 aromatic rings. The molecule has 1 fully saturated rings. The van der Waals surface area contributed by atoms with Crippen LogP contribution in [0, 0.1) is 0 Å². The van der Waals surface area contributed by atoms with Crippen molar-refractivity contribution in [3.05, 3.63) is 52.2 Å². The van der Waals surface area contributed by atoms with Crippen molar-refractivity contribution in [1.29, 1.82) is 0 Å². The van der Waals surface area contributed by atoms with Gasteiger partial charge in [0.25, 0.3) is 0 Å². The van der Waals surface area contributed by atoms with E-state index >= 15 is 0 Å². The molecule has 0 saturated heterocycles. The number of carbonyl (C=O) groups is 1. The summed E-state index contributed by atoms with van der Waals surface area (Å²) in [6.45, 7) is 3.89. The number of carbonyl (C=O) groups excluding carboxylic acids is 1. The molecule has 0 spiro atoms. The SMILES string of the molecule is CCN(Cc1cccs1)C(=O)NCc1ccc(OC2CCCCC2)cc1. The van der Waals surface area contributed by atoms with Crippen LogP contribution in [0.2, 0.25) is 0 Å². The van der Waals surface area contributed by atoms with E-state index in [4.69, 9.17) is 4.74 Å². The summed E-state index contributed by atoms with van der Waals surface area (Å²) in [4.78, 5) is 15.4. The largest absolute Gasteiger partial charge is 0.490 e. The quantitative estimate of drug-likeness (QED) is 0.726. The zero-order valence-electron chi connectivity index (χ0n) is 15.4. The van der Waals surface area contributed by atoms with Crippen molar-refractivity contribution in [1.82, 2.24) is 10.2 Å². The first-order chi connectivity index (χ1) is 12.7. The summed E-state index contributed by atoms with van der Waals surface area (Å²) in [6, 6.07) is 12.2. The van der Waals surface area contributed by atoms with E-state index < -0.39 is 0 Å². The molecule has 0 unspecified atom stereocenters. The Bertz CT molecular complexity index is 664. The molecule has 4 nitrogen and oxygen atoms in total. The maximum Gasteiger partial charge on any atom is 0.317 e. The third kappa shape index (κ3) is 5.49. The number of hydrogen-bond donors (Lipinski definition) is 1. The number of nitrogens with zero attached hydrogens (tertiary/aromatic N) is 1. The van der Waals surface area contributed by atoms with Crippen molar-refractivity contribution < 1.29 is 9.53 Å². The van der Waals surface area contributed by atoms with Gasteiger partial charge in [-0.25, -0.2) is 4.79 Å². The molecule has 1 aromatic carbocycles. The lowest BCUT2D eigenvalue weighted by Crippen LogP contribution is -2.38. The molecule has 2 amide bonds. The fourth-order valence-corrected chi connectivity index (χ4v) is 3.99. The minimum absolute atomic E-state index is 0.0246.